The van der Waals surface area contributed by atoms with Gasteiger partial charge in [-0.3, -0.25) is 9.59 Å². The number of carbonyl (C=O) groups is 2. The van der Waals surface area contributed by atoms with Crippen LogP contribution in [0.15, 0.2) is 42.5 Å². The number of carbonyl (C=O) groups excluding carboxylic acids is 2. The molecule has 0 fully saturated rings. The minimum absolute atomic E-state index is 0.0645. The molecule has 2 rings (SSSR count). The Morgan fingerprint density at radius 3 is 2.61 bits per heavy atom. The Balaban J connectivity index is 1.81. The Morgan fingerprint density at radius 2 is 1.87 bits per heavy atom. The van der Waals surface area contributed by atoms with Gasteiger partial charge in [0.15, 0.2) is 0 Å². The van der Waals surface area contributed by atoms with Gasteiger partial charge >= 0.3 is 0 Å². The fourth-order valence-corrected chi connectivity index (χ4v) is 2.90. The molecule has 0 saturated carbocycles. The van der Waals surface area contributed by atoms with Gasteiger partial charge in [-0.1, -0.05) is 59.6 Å². The predicted octanol–water partition coefficient (Wildman–Crippen LogP) is 3.85. The largest absolute Gasteiger partial charge is 0.355 e. The topological polar surface area (TPSA) is 58.2 Å². The summed E-state index contributed by atoms with van der Waals surface area (Å²) in [6, 6.07) is 13.8. The third-order valence-electron chi connectivity index (χ3n) is 3.51. The summed E-state index contributed by atoms with van der Waals surface area (Å²) in [4.78, 5) is 23.5. The van der Waals surface area contributed by atoms with E-state index in [1.54, 1.807) is 0 Å². The Hall–Kier alpha value is -1.88. The molecule has 0 heterocycles. The van der Waals surface area contributed by atoms with Gasteiger partial charge in [-0.25, -0.2) is 0 Å². The number of alkyl halides is 1. The summed E-state index contributed by atoms with van der Waals surface area (Å²) in [5.74, 6) is -0.174. The fraction of sp³-hybridized carbons (Fsp3) is 0.333. The zero-order valence-corrected chi connectivity index (χ0v) is 14.7. The molecule has 0 saturated heterocycles. The van der Waals surface area contributed by atoms with Crippen molar-refractivity contribution >= 4 is 44.2 Å². The van der Waals surface area contributed by atoms with Crippen LogP contribution in [-0.2, 0) is 9.59 Å². The molecule has 4 nitrogen and oxygen atoms in total. The minimum Gasteiger partial charge on any atom is -0.355 e. The third-order valence-corrected chi connectivity index (χ3v) is 4.38. The van der Waals surface area contributed by atoms with E-state index in [1.165, 1.54) is 0 Å². The lowest BCUT2D eigenvalue weighted by Crippen LogP contribution is -2.33. The maximum absolute atomic E-state index is 12.0. The van der Waals surface area contributed by atoms with Crippen LogP contribution < -0.4 is 10.6 Å². The lowest BCUT2D eigenvalue weighted by Gasteiger charge is -2.10. The molecule has 0 spiro atoms. The highest BCUT2D eigenvalue weighted by Gasteiger charge is 2.13. The second-order valence-corrected chi connectivity index (χ2v) is 6.51. The van der Waals surface area contributed by atoms with E-state index >= 15 is 0 Å². The van der Waals surface area contributed by atoms with E-state index in [9.17, 15) is 9.59 Å². The summed E-state index contributed by atoms with van der Waals surface area (Å²) in [6.07, 6.45) is 1.98. The number of hydrogen-bond acceptors (Lipinski definition) is 2. The van der Waals surface area contributed by atoms with Crippen LogP contribution in [0.25, 0.3) is 10.8 Å². The van der Waals surface area contributed by atoms with Gasteiger partial charge in [-0.2, -0.15) is 0 Å². The highest BCUT2D eigenvalue weighted by molar-refractivity contribution is 9.10. The lowest BCUT2D eigenvalue weighted by atomic mass is 10.1. The molecule has 0 aromatic heterocycles. The molecule has 0 bridgehead atoms. The van der Waals surface area contributed by atoms with Crippen LogP contribution in [-0.4, -0.2) is 23.2 Å². The minimum atomic E-state index is -0.184. The Labute approximate surface area is 144 Å². The summed E-state index contributed by atoms with van der Waals surface area (Å²) in [7, 11) is 0. The van der Waals surface area contributed by atoms with Crippen molar-refractivity contribution in [1.82, 2.24) is 5.32 Å². The van der Waals surface area contributed by atoms with Gasteiger partial charge in [0, 0.05) is 18.7 Å². The lowest BCUT2D eigenvalue weighted by molar-refractivity contribution is -0.120. The van der Waals surface area contributed by atoms with Crippen molar-refractivity contribution in [2.75, 3.05) is 11.9 Å². The van der Waals surface area contributed by atoms with Crippen molar-refractivity contribution in [2.45, 2.75) is 31.0 Å². The van der Waals surface area contributed by atoms with Crippen molar-refractivity contribution in [3.8, 4) is 0 Å². The third kappa shape index (κ3) is 5.36. The van der Waals surface area contributed by atoms with Crippen LogP contribution in [0.1, 0.15) is 26.2 Å². The standard InChI is InChI=1S/C18H21BrN2O2/c1-2-5-16(19)18(23)20-11-10-17(22)21-15-9-8-13-6-3-4-7-14(13)12-15/h3-4,6-9,12,16H,2,5,10-11H2,1H3,(H,20,23)(H,21,22)/t16-/m1/s1. The van der Waals surface area contributed by atoms with E-state index in [4.69, 9.17) is 0 Å². The molecular formula is C18H21BrN2O2. The zero-order valence-electron chi connectivity index (χ0n) is 13.1. The number of anilines is 1. The highest BCUT2D eigenvalue weighted by atomic mass is 79.9. The van der Waals surface area contributed by atoms with Crippen molar-refractivity contribution in [3.63, 3.8) is 0 Å². The van der Waals surface area contributed by atoms with Gasteiger partial charge < -0.3 is 10.6 Å². The molecule has 0 aliphatic carbocycles. The summed E-state index contributed by atoms with van der Waals surface area (Å²) >= 11 is 3.33. The molecule has 2 aromatic rings. The molecule has 122 valence electrons. The van der Waals surface area contributed by atoms with Gasteiger partial charge in [-0.15, -0.1) is 0 Å². The number of rotatable bonds is 7. The molecule has 0 aliphatic heterocycles. The molecule has 0 radical (unpaired) electrons. The number of benzene rings is 2. The highest BCUT2D eigenvalue weighted by Crippen LogP contribution is 2.18. The average Bonchev–Trinajstić information content (AvgIpc) is 2.54. The molecular weight excluding hydrogens is 356 g/mol. The van der Waals surface area contributed by atoms with Crippen LogP contribution in [0, 0.1) is 0 Å². The Kier molecular flexibility index (Phi) is 6.59. The van der Waals surface area contributed by atoms with Gasteiger partial charge in [0.2, 0.25) is 11.8 Å². The molecule has 0 aliphatic rings. The van der Waals surface area contributed by atoms with Crippen LogP contribution in [0.4, 0.5) is 5.69 Å². The van der Waals surface area contributed by atoms with Crippen LogP contribution in [0.5, 0.6) is 0 Å². The molecule has 2 aromatic carbocycles. The van der Waals surface area contributed by atoms with Gasteiger partial charge in [0.05, 0.1) is 4.83 Å². The fourth-order valence-electron chi connectivity index (χ4n) is 2.29. The van der Waals surface area contributed by atoms with E-state index < -0.39 is 0 Å². The van der Waals surface area contributed by atoms with Crippen LogP contribution >= 0.6 is 15.9 Å². The quantitative estimate of drug-likeness (QED) is 0.721. The Morgan fingerprint density at radius 1 is 1.13 bits per heavy atom. The maximum atomic E-state index is 12.0. The van der Waals surface area contributed by atoms with E-state index in [0.29, 0.717) is 6.54 Å². The van der Waals surface area contributed by atoms with E-state index in [0.717, 1.165) is 29.3 Å². The number of halogens is 1. The first kappa shape index (κ1) is 17.5. The monoisotopic (exact) mass is 376 g/mol. The molecule has 0 unspecified atom stereocenters. The second kappa shape index (κ2) is 8.67. The first-order valence-corrected chi connectivity index (χ1v) is 8.72. The SMILES string of the molecule is CCC[C@@H](Br)C(=O)NCCC(=O)Nc1ccc2ccccc2c1. The predicted molar refractivity (Wildman–Crippen MR) is 97.8 cm³/mol. The van der Waals surface area contributed by atoms with Crippen molar-refractivity contribution < 1.29 is 9.59 Å². The molecule has 23 heavy (non-hydrogen) atoms. The van der Waals surface area contributed by atoms with Crippen molar-refractivity contribution in [1.29, 1.82) is 0 Å². The first-order chi connectivity index (χ1) is 11.1. The van der Waals surface area contributed by atoms with E-state index in [1.807, 2.05) is 49.4 Å². The number of hydrogen-bond donors (Lipinski definition) is 2. The van der Waals surface area contributed by atoms with Crippen molar-refractivity contribution in [2.24, 2.45) is 0 Å². The van der Waals surface area contributed by atoms with Gasteiger partial charge in [0.25, 0.3) is 0 Å². The molecule has 5 heteroatoms. The van der Waals surface area contributed by atoms with E-state index in [2.05, 4.69) is 26.6 Å². The summed E-state index contributed by atoms with van der Waals surface area (Å²) in [5.41, 5.74) is 0.768. The summed E-state index contributed by atoms with van der Waals surface area (Å²) < 4.78 is 0. The smallest absolute Gasteiger partial charge is 0.233 e. The molecule has 2 amide bonds. The summed E-state index contributed by atoms with van der Waals surface area (Å²) in [6.45, 7) is 2.36. The first-order valence-electron chi connectivity index (χ1n) is 7.80. The Bertz CT molecular complexity index is 688. The number of nitrogens with one attached hydrogen (secondary N) is 2. The second-order valence-electron chi connectivity index (χ2n) is 5.41. The average molecular weight is 377 g/mol. The van der Waals surface area contributed by atoms with E-state index in [-0.39, 0.29) is 23.1 Å². The number of fused-ring (bicyclic) bond motifs is 1. The molecule has 2 N–H and O–H groups in total. The van der Waals surface area contributed by atoms with Gasteiger partial charge in [-0.05, 0) is 29.3 Å². The van der Waals surface area contributed by atoms with Crippen molar-refractivity contribution in [3.05, 3.63) is 42.5 Å². The summed E-state index contributed by atoms with van der Waals surface area (Å²) in [5, 5.41) is 7.85. The van der Waals surface area contributed by atoms with Crippen LogP contribution in [0.2, 0.25) is 0 Å². The normalized spacial score (nSPS) is 11.9. The van der Waals surface area contributed by atoms with Gasteiger partial charge in [0.1, 0.15) is 0 Å². The number of amides is 2. The van der Waals surface area contributed by atoms with Crippen LogP contribution in [0.3, 0.4) is 0 Å². The maximum Gasteiger partial charge on any atom is 0.233 e. The zero-order chi connectivity index (χ0) is 16.7. The molecule has 1 atom stereocenters.